The van der Waals surface area contributed by atoms with E-state index in [1.54, 1.807) is 56.9 Å². The van der Waals surface area contributed by atoms with E-state index in [-0.39, 0.29) is 12.3 Å². The molecule has 2 aromatic heterocycles. The van der Waals surface area contributed by atoms with Crippen molar-refractivity contribution in [1.82, 2.24) is 4.98 Å². The SMILES string of the molecule is COc1cc(OC)c2c(COc3cccc4[nH]c(C(=O)O)cc34)coc2c1. The summed E-state index contributed by atoms with van der Waals surface area (Å²) >= 11 is 0. The summed E-state index contributed by atoms with van der Waals surface area (Å²) in [5, 5.41) is 10.7. The zero-order valence-electron chi connectivity index (χ0n) is 14.7. The van der Waals surface area contributed by atoms with E-state index in [9.17, 15) is 4.79 Å². The van der Waals surface area contributed by atoms with E-state index in [0.717, 1.165) is 10.9 Å². The number of aromatic amines is 1. The molecule has 2 N–H and O–H groups in total. The number of fused-ring (bicyclic) bond motifs is 2. The van der Waals surface area contributed by atoms with Crippen molar-refractivity contribution in [2.24, 2.45) is 0 Å². The fraction of sp³-hybridized carbons (Fsp3) is 0.150. The Labute approximate surface area is 154 Å². The van der Waals surface area contributed by atoms with E-state index in [0.29, 0.717) is 33.7 Å². The predicted molar refractivity (Wildman–Crippen MR) is 98.9 cm³/mol. The number of hydrogen-bond donors (Lipinski definition) is 2. The summed E-state index contributed by atoms with van der Waals surface area (Å²) in [7, 11) is 3.16. The molecule has 0 spiro atoms. The van der Waals surface area contributed by atoms with Gasteiger partial charge in [0.05, 0.1) is 25.9 Å². The fourth-order valence-electron chi connectivity index (χ4n) is 3.08. The average Bonchev–Trinajstić information content (AvgIpc) is 3.30. The molecule has 0 saturated carbocycles. The fourth-order valence-corrected chi connectivity index (χ4v) is 3.08. The quantitative estimate of drug-likeness (QED) is 0.530. The third-order valence-electron chi connectivity index (χ3n) is 4.38. The summed E-state index contributed by atoms with van der Waals surface area (Å²) in [6.07, 6.45) is 1.62. The van der Waals surface area contributed by atoms with Crippen molar-refractivity contribution in [3.05, 3.63) is 53.9 Å². The number of carbonyl (C=O) groups is 1. The van der Waals surface area contributed by atoms with Crippen LogP contribution < -0.4 is 14.2 Å². The van der Waals surface area contributed by atoms with Crippen LogP contribution in [0.15, 0.2) is 47.1 Å². The number of benzene rings is 2. The van der Waals surface area contributed by atoms with Crippen LogP contribution in [-0.2, 0) is 6.61 Å². The van der Waals surface area contributed by atoms with E-state index >= 15 is 0 Å². The molecule has 0 aliphatic carbocycles. The first-order chi connectivity index (χ1) is 13.1. The smallest absolute Gasteiger partial charge is 0.352 e. The summed E-state index contributed by atoms with van der Waals surface area (Å²) in [5.74, 6) is 0.832. The molecular formula is C20H17NO6. The molecule has 0 bridgehead atoms. The van der Waals surface area contributed by atoms with Crippen molar-refractivity contribution >= 4 is 27.8 Å². The van der Waals surface area contributed by atoms with Crippen molar-refractivity contribution < 1.29 is 28.5 Å². The minimum atomic E-state index is -1.02. The molecule has 0 unspecified atom stereocenters. The molecule has 0 atom stereocenters. The van der Waals surface area contributed by atoms with Gasteiger partial charge in [-0.1, -0.05) is 6.07 Å². The second-order valence-corrected chi connectivity index (χ2v) is 5.96. The van der Waals surface area contributed by atoms with Crippen LogP contribution in [0, 0.1) is 0 Å². The Morgan fingerprint density at radius 3 is 2.74 bits per heavy atom. The third-order valence-corrected chi connectivity index (χ3v) is 4.38. The predicted octanol–water partition coefficient (Wildman–Crippen LogP) is 4.21. The standard InChI is InChI=1S/C20H17NO6/c1-24-12-6-17(25-2)19-11(10-27-18(19)7-12)9-26-16-5-3-4-14-13(16)8-15(21-14)20(22)23/h3-8,10,21H,9H2,1-2H3,(H,22,23). The Kier molecular flexibility index (Phi) is 4.12. The second kappa shape index (κ2) is 6.60. The van der Waals surface area contributed by atoms with Gasteiger partial charge in [0.25, 0.3) is 0 Å². The highest BCUT2D eigenvalue weighted by Gasteiger charge is 2.16. The Morgan fingerprint density at radius 1 is 1.15 bits per heavy atom. The lowest BCUT2D eigenvalue weighted by Gasteiger charge is -2.09. The maximum atomic E-state index is 11.2. The van der Waals surface area contributed by atoms with Crippen molar-refractivity contribution in [3.8, 4) is 17.2 Å². The normalized spacial score (nSPS) is 11.0. The lowest BCUT2D eigenvalue weighted by molar-refractivity contribution is 0.0691. The number of rotatable bonds is 6. The van der Waals surface area contributed by atoms with Gasteiger partial charge in [-0.15, -0.1) is 0 Å². The van der Waals surface area contributed by atoms with Gasteiger partial charge in [-0.3, -0.25) is 0 Å². The molecule has 7 nitrogen and oxygen atoms in total. The van der Waals surface area contributed by atoms with Gasteiger partial charge in [-0.25, -0.2) is 4.79 Å². The topological polar surface area (TPSA) is 93.9 Å². The number of methoxy groups -OCH3 is 2. The van der Waals surface area contributed by atoms with Crippen LogP contribution in [0.3, 0.4) is 0 Å². The largest absolute Gasteiger partial charge is 0.496 e. The van der Waals surface area contributed by atoms with E-state index in [1.165, 1.54) is 0 Å². The monoisotopic (exact) mass is 367 g/mol. The number of aromatic nitrogens is 1. The lowest BCUT2D eigenvalue weighted by Crippen LogP contribution is -1.96. The van der Waals surface area contributed by atoms with Crippen LogP contribution in [0.1, 0.15) is 16.1 Å². The molecule has 4 rings (SSSR count). The zero-order valence-corrected chi connectivity index (χ0v) is 14.7. The molecule has 2 heterocycles. The first-order valence-corrected chi connectivity index (χ1v) is 8.20. The summed E-state index contributed by atoms with van der Waals surface area (Å²) in [4.78, 5) is 14.0. The molecule has 4 aromatic rings. The number of H-pyrrole nitrogens is 1. The van der Waals surface area contributed by atoms with Crippen molar-refractivity contribution in [1.29, 1.82) is 0 Å². The first-order valence-electron chi connectivity index (χ1n) is 8.20. The second-order valence-electron chi connectivity index (χ2n) is 5.96. The highest BCUT2D eigenvalue weighted by molar-refractivity contribution is 5.96. The average molecular weight is 367 g/mol. The number of hydrogen-bond acceptors (Lipinski definition) is 5. The maximum Gasteiger partial charge on any atom is 0.352 e. The Bertz CT molecular complexity index is 1140. The first kappa shape index (κ1) is 16.8. The highest BCUT2D eigenvalue weighted by Crippen LogP contribution is 2.36. The number of carboxylic acid groups (broad SMARTS) is 1. The molecule has 0 fully saturated rings. The van der Waals surface area contributed by atoms with Crippen LogP contribution in [-0.4, -0.2) is 30.3 Å². The number of ether oxygens (including phenoxy) is 3. The molecule has 0 aliphatic rings. The van der Waals surface area contributed by atoms with Crippen LogP contribution in [0.5, 0.6) is 17.2 Å². The van der Waals surface area contributed by atoms with Gasteiger partial charge in [-0.05, 0) is 18.2 Å². The number of furan rings is 1. The van der Waals surface area contributed by atoms with Gasteiger partial charge in [0.1, 0.15) is 35.1 Å². The van der Waals surface area contributed by atoms with Gasteiger partial charge in [0.2, 0.25) is 0 Å². The summed E-state index contributed by atoms with van der Waals surface area (Å²) in [6.45, 7) is 0.238. The lowest BCUT2D eigenvalue weighted by atomic mass is 10.1. The van der Waals surface area contributed by atoms with Gasteiger partial charge >= 0.3 is 5.97 Å². The van der Waals surface area contributed by atoms with Crippen molar-refractivity contribution in [3.63, 3.8) is 0 Å². The molecular weight excluding hydrogens is 350 g/mol. The van der Waals surface area contributed by atoms with Gasteiger partial charge < -0.3 is 28.7 Å². The van der Waals surface area contributed by atoms with E-state index in [1.807, 2.05) is 0 Å². The molecule has 138 valence electrons. The van der Waals surface area contributed by atoms with Crippen LogP contribution in [0.2, 0.25) is 0 Å². The molecule has 7 heteroatoms. The molecule has 27 heavy (non-hydrogen) atoms. The maximum absolute atomic E-state index is 11.2. The molecule has 2 aromatic carbocycles. The number of carboxylic acids is 1. The third kappa shape index (κ3) is 2.93. The Balaban J connectivity index is 1.68. The molecule has 0 radical (unpaired) electrons. The summed E-state index contributed by atoms with van der Waals surface area (Å²) in [6, 6.07) is 10.5. The summed E-state index contributed by atoms with van der Waals surface area (Å²) in [5.41, 5.74) is 2.26. The van der Waals surface area contributed by atoms with Crippen LogP contribution >= 0.6 is 0 Å². The molecule has 0 aliphatic heterocycles. The molecule has 0 saturated heterocycles. The summed E-state index contributed by atoms with van der Waals surface area (Å²) < 4.78 is 22.3. The van der Waals surface area contributed by atoms with Crippen molar-refractivity contribution in [2.45, 2.75) is 6.61 Å². The Hall–Kier alpha value is -3.61. The highest BCUT2D eigenvalue weighted by atomic mass is 16.5. The molecule has 0 amide bonds. The van der Waals surface area contributed by atoms with Crippen LogP contribution in [0.25, 0.3) is 21.9 Å². The minimum absolute atomic E-state index is 0.114. The van der Waals surface area contributed by atoms with Crippen LogP contribution in [0.4, 0.5) is 0 Å². The van der Waals surface area contributed by atoms with Gasteiger partial charge in [0.15, 0.2) is 0 Å². The van der Waals surface area contributed by atoms with E-state index < -0.39 is 5.97 Å². The van der Waals surface area contributed by atoms with Gasteiger partial charge in [-0.2, -0.15) is 0 Å². The van der Waals surface area contributed by atoms with E-state index in [4.69, 9.17) is 23.7 Å². The van der Waals surface area contributed by atoms with Gasteiger partial charge in [0, 0.05) is 28.6 Å². The number of nitrogens with one attached hydrogen (secondary N) is 1. The Morgan fingerprint density at radius 2 is 2.00 bits per heavy atom. The van der Waals surface area contributed by atoms with E-state index in [2.05, 4.69) is 4.98 Å². The van der Waals surface area contributed by atoms with Crippen molar-refractivity contribution in [2.75, 3.05) is 14.2 Å². The zero-order chi connectivity index (χ0) is 19.0. The number of aromatic carboxylic acids is 1. The minimum Gasteiger partial charge on any atom is -0.496 e.